The zero-order valence-corrected chi connectivity index (χ0v) is 22.7. The average Bonchev–Trinajstić information content (AvgIpc) is 3.29. The summed E-state index contributed by atoms with van der Waals surface area (Å²) >= 11 is 0. The van der Waals surface area contributed by atoms with Gasteiger partial charge in [0, 0.05) is 32.0 Å². The molecule has 0 saturated carbocycles. The van der Waals surface area contributed by atoms with Crippen LogP contribution in [0.25, 0.3) is 0 Å². The van der Waals surface area contributed by atoms with Crippen molar-refractivity contribution in [2.45, 2.75) is 44.2 Å². The lowest BCUT2D eigenvalue weighted by Gasteiger charge is -2.20. The van der Waals surface area contributed by atoms with Gasteiger partial charge in [-0.3, -0.25) is 4.72 Å². The van der Waals surface area contributed by atoms with Gasteiger partial charge < -0.3 is 19.7 Å². The SMILES string of the molecule is COCCOc1ccc(NS(=O)(=O)c2ccc3c(c2)CN(C(=O)Nc2ccc(C(C)(C)C)cc2)C3)c(F)c1. The van der Waals surface area contributed by atoms with E-state index in [4.69, 9.17) is 9.47 Å². The Bertz CT molecular complexity index is 1420. The number of anilines is 2. The summed E-state index contributed by atoms with van der Waals surface area (Å²) in [5.41, 5.74) is 3.24. The van der Waals surface area contributed by atoms with Gasteiger partial charge in [0.2, 0.25) is 0 Å². The van der Waals surface area contributed by atoms with Crippen LogP contribution >= 0.6 is 0 Å². The Labute approximate surface area is 222 Å². The topological polar surface area (TPSA) is 97.0 Å². The van der Waals surface area contributed by atoms with Gasteiger partial charge in [0.15, 0.2) is 5.82 Å². The molecule has 0 saturated heterocycles. The number of rotatable bonds is 8. The van der Waals surface area contributed by atoms with Crippen molar-refractivity contribution < 1.29 is 27.1 Å². The van der Waals surface area contributed by atoms with E-state index in [0.29, 0.717) is 24.4 Å². The fourth-order valence-corrected chi connectivity index (χ4v) is 5.17. The van der Waals surface area contributed by atoms with Crippen LogP contribution in [0.3, 0.4) is 0 Å². The largest absolute Gasteiger partial charge is 0.491 e. The molecule has 0 spiro atoms. The number of urea groups is 1. The maximum absolute atomic E-state index is 14.5. The van der Waals surface area contributed by atoms with Gasteiger partial charge in [0.05, 0.1) is 17.2 Å². The van der Waals surface area contributed by atoms with Crippen LogP contribution in [0.2, 0.25) is 0 Å². The van der Waals surface area contributed by atoms with E-state index in [-0.39, 0.29) is 40.9 Å². The van der Waals surface area contributed by atoms with Crippen LogP contribution in [0.4, 0.5) is 20.6 Å². The van der Waals surface area contributed by atoms with E-state index in [0.717, 1.165) is 17.2 Å². The number of ether oxygens (including phenoxy) is 2. The molecule has 1 aliphatic heterocycles. The van der Waals surface area contributed by atoms with Crippen molar-refractivity contribution in [2.75, 3.05) is 30.4 Å². The number of hydrogen-bond acceptors (Lipinski definition) is 5. The molecule has 4 rings (SSSR count). The third-order valence-corrected chi connectivity index (χ3v) is 7.60. The predicted molar refractivity (Wildman–Crippen MR) is 144 cm³/mol. The second kappa shape index (κ2) is 11.0. The number of hydrogen-bond donors (Lipinski definition) is 2. The predicted octanol–water partition coefficient (Wildman–Crippen LogP) is 5.50. The van der Waals surface area contributed by atoms with Crippen molar-refractivity contribution in [2.24, 2.45) is 0 Å². The van der Waals surface area contributed by atoms with Crippen molar-refractivity contribution in [3.63, 3.8) is 0 Å². The number of methoxy groups -OCH3 is 1. The standard InChI is InChI=1S/C28H32FN3O5S/c1-28(2,3)21-6-8-22(9-7-21)30-27(33)32-17-19-5-11-24(15-20(19)18-32)38(34,35)31-26-12-10-23(16-25(26)29)37-14-13-36-4/h5-12,15-16,31H,13-14,17-18H2,1-4H3,(H,30,33). The Morgan fingerprint density at radius 1 is 0.974 bits per heavy atom. The maximum atomic E-state index is 14.5. The van der Waals surface area contributed by atoms with Gasteiger partial charge in [-0.05, 0) is 58.5 Å². The normalized spacial score (nSPS) is 13.2. The highest BCUT2D eigenvalue weighted by molar-refractivity contribution is 7.92. The highest BCUT2D eigenvalue weighted by Gasteiger charge is 2.26. The van der Waals surface area contributed by atoms with Crippen LogP contribution in [0, 0.1) is 5.82 Å². The van der Waals surface area contributed by atoms with Crippen molar-refractivity contribution in [1.29, 1.82) is 0 Å². The summed E-state index contributed by atoms with van der Waals surface area (Å²) < 4.78 is 53.0. The lowest BCUT2D eigenvalue weighted by atomic mass is 9.87. The van der Waals surface area contributed by atoms with Gasteiger partial charge in [-0.2, -0.15) is 0 Å². The van der Waals surface area contributed by atoms with E-state index < -0.39 is 15.8 Å². The lowest BCUT2D eigenvalue weighted by Crippen LogP contribution is -2.30. The van der Waals surface area contributed by atoms with Crippen molar-refractivity contribution in [3.8, 4) is 5.75 Å². The quantitative estimate of drug-likeness (QED) is 0.367. The minimum absolute atomic E-state index is 0.0136. The number of amides is 2. The molecule has 1 aliphatic rings. The molecule has 10 heteroatoms. The fraction of sp³-hybridized carbons (Fsp3) is 0.321. The first-order valence-electron chi connectivity index (χ1n) is 12.2. The third-order valence-electron chi connectivity index (χ3n) is 6.24. The Hall–Kier alpha value is -3.63. The summed E-state index contributed by atoms with van der Waals surface area (Å²) in [4.78, 5) is 14.4. The van der Waals surface area contributed by atoms with E-state index in [1.54, 1.807) is 11.0 Å². The van der Waals surface area contributed by atoms with Crippen LogP contribution in [-0.2, 0) is 33.3 Å². The Balaban J connectivity index is 1.41. The maximum Gasteiger partial charge on any atom is 0.322 e. The highest BCUT2D eigenvalue weighted by Crippen LogP contribution is 2.29. The summed E-state index contributed by atoms with van der Waals surface area (Å²) in [6.45, 7) is 7.57. The minimum Gasteiger partial charge on any atom is -0.491 e. The molecule has 1 heterocycles. The lowest BCUT2D eigenvalue weighted by molar-refractivity contribution is 0.146. The number of carbonyl (C=O) groups excluding carboxylic acids is 1. The monoisotopic (exact) mass is 541 g/mol. The van der Waals surface area contributed by atoms with Crippen molar-refractivity contribution in [3.05, 3.63) is 83.2 Å². The molecule has 2 N–H and O–H groups in total. The van der Waals surface area contributed by atoms with Gasteiger partial charge >= 0.3 is 6.03 Å². The zero-order chi connectivity index (χ0) is 27.5. The molecule has 0 radical (unpaired) electrons. The van der Waals surface area contributed by atoms with Crippen LogP contribution in [0.1, 0.15) is 37.5 Å². The Morgan fingerprint density at radius 2 is 1.68 bits per heavy atom. The first-order valence-corrected chi connectivity index (χ1v) is 13.7. The van der Waals surface area contributed by atoms with Crippen LogP contribution in [0.15, 0.2) is 65.6 Å². The number of nitrogens with one attached hydrogen (secondary N) is 2. The molecular weight excluding hydrogens is 509 g/mol. The van der Waals surface area contributed by atoms with E-state index in [9.17, 15) is 17.6 Å². The zero-order valence-electron chi connectivity index (χ0n) is 21.9. The van der Waals surface area contributed by atoms with Gasteiger partial charge in [-0.25, -0.2) is 17.6 Å². The van der Waals surface area contributed by atoms with Crippen molar-refractivity contribution in [1.82, 2.24) is 4.90 Å². The summed E-state index contributed by atoms with van der Waals surface area (Å²) in [6.07, 6.45) is 0. The molecule has 38 heavy (non-hydrogen) atoms. The Kier molecular flexibility index (Phi) is 7.94. The van der Waals surface area contributed by atoms with Gasteiger partial charge in [-0.15, -0.1) is 0 Å². The first-order chi connectivity index (χ1) is 18.0. The van der Waals surface area contributed by atoms with Gasteiger partial charge in [0.1, 0.15) is 12.4 Å². The third kappa shape index (κ3) is 6.43. The molecule has 202 valence electrons. The fourth-order valence-electron chi connectivity index (χ4n) is 4.05. The average molecular weight is 542 g/mol. The molecule has 8 nitrogen and oxygen atoms in total. The Morgan fingerprint density at radius 3 is 2.34 bits per heavy atom. The number of benzene rings is 3. The van der Waals surface area contributed by atoms with E-state index >= 15 is 0 Å². The van der Waals surface area contributed by atoms with Crippen LogP contribution in [-0.4, -0.2) is 39.7 Å². The molecule has 0 aliphatic carbocycles. The number of halogens is 1. The van der Waals surface area contributed by atoms with E-state index in [1.165, 1.54) is 31.4 Å². The molecule has 3 aromatic rings. The van der Waals surface area contributed by atoms with Crippen molar-refractivity contribution >= 4 is 27.4 Å². The van der Waals surface area contributed by atoms with Gasteiger partial charge in [-0.1, -0.05) is 39.0 Å². The van der Waals surface area contributed by atoms with E-state index in [1.807, 2.05) is 24.3 Å². The summed E-state index contributed by atoms with van der Waals surface area (Å²) in [6, 6.07) is 16.0. The van der Waals surface area contributed by atoms with E-state index in [2.05, 4.69) is 30.8 Å². The molecule has 2 amide bonds. The molecule has 0 atom stereocenters. The smallest absolute Gasteiger partial charge is 0.322 e. The van der Waals surface area contributed by atoms with Gasteiger partial charge in [0.25, 0.3) is 10.0 Å². The summed E-state index contributed by atoms with van der Waals surface area (Å²) in [5, 5.41) is 2.90. The minimum atomic E-state index is -4.06. The molecular formula is C28H32FN3O5S. The number of nitrogens with zero attached hydrogens (tertiary/aromatic N) is 1. The number of carbonyl (C=O) groups is 1. The molecule has 0 unspecified atom stereocenters. The number of fused-ring (bicyclic) bond motifs is 1. The second-order valence-corrected chi connectivity index (χ2v) is 11.8. The number of sulfonamides is 1. The second-order valence-electron chi connectivity index (χ2n) is 10.1. The summed E-state index contributed by atoms with van der Waals surface area (Å²) in [5.74, 6) is -0.494. The first kappa shape index (κ1) is 27.4. The molecule has 0 aromatic heterocycles. The van der Waals surface area contributed by atoms with Crippen LogP contribution < -0.4 is 14.8 Å². The molecule has 0 fully saturated rings. The molecule has 3 aromatic carbocycles. The molecule has 0 bridgehead atoms. The highest BCUT2D eigenvalue weighted by atomic mass is 32.2. The summed E-state index contributed by atoms with van der Waals surface area (Å²) in [7, 11) is -2.54. The van der Waals surface area contributed by atoms with Crippen LogP contribution in [0.5, 0.6) is 5.75 Å².